The van der Waals surface area contributed by atoms with Crippen LogP contribution >= 0.6 is 0 Å². The molecule has 0 amide bonds. The van der Waals surface area contributed by atoms with E-state index in [1.54, 1.807) is 14.2 Å². The van der Waals surface area contributed by atoms with Crippen LogP contribution in [0, 0.1) is 0 Å². The van der Waals surface area contributed by atoms with Gasteiger partial charge in [0.15, 0.2) is 11.5 Å². The summed E-state index contributed by atoms with van der Waals surface area (Å²) in [6.45, 7) is 2.99. The van der Waals surface area contributed by atoms with E-state index >= 15 is 0 Å². The fraction of sp³-hybridized carbons (Fsp3) is 0.294. The van der Waals surface area contributed by atoms with E-state index in [4.69, 9.17) is 9.47 Å². The quantitative estimate of drug-likeness (QED) is 0.906. The molecule has 0 saturated carbocycles. The predicted molar refractivity (Wildman–Crippen MR) is 85.5 cm³/mol. The Morgan fingerprint density at radius 3 is 2.19 bits per heavy atom. The van der Waals surface area contributed by atoms with E-state index in [0.29, 0.717) is 0 Å². The summed E-state index contributed by atoms with van der Waals surface area (Å²) in [6.07, 6.45) is 0. The first-order valence-electron chi connectivity index (χ1n) is 7.00. The zero-order valence-electron chi connectivity index (χ0n) is 12.6. The number of benzene rings is 2. The Hall–Kier alpha value is -2.36. The molecule has 1 atom stereocenters. The van der Waals surface area contributed by atoms with Gasteiger partial charge >= 0.3 is 0 Å². The Kier molecular flexibility index (Phi) is 3.37. The lowest BCUT2D eigenvalue weighted by Crippen LogP contribution is -2.42. The Morgan fingerprint density at radius 1 is 0.952 bits per heavy atom. The van der Waals surface area contributed by atoms with Crippen molar-refractivity contribution in [3.63, 3.8) is 0 Å². The van der Waals surface area contributed by atoms with Crippen LogP contribution < -0.4 is 20.1 Å². The van der Waals surface area contributed by atoms with Crippen molar-refractivity contribution in [2.75, 3.05) is 31.4 Å². The monoisotopic (exact) mass is 284 g/mol. The number of fused-ring (bicyclic) bond motifs is 1. The summed E-state index contributed by atoms with van der Waals surface area (Å²) in [5.41, 5.74) is 3.14. The second-order valence-corrected chi connectivity index (χ2v) is 5.43. The summed E-state index contributed by atoms with van der Waals surface area (Å²) in [5.74, 6) is 1.46. The van der Waals surface area contributed by atoms with Crippen molar-refractivity contribution in [3.05, 3.63) is 48.0 Å². The van der Waals surface area contributed by atoms with Crippen LogP contribution in [0.4, 0.5) is 11.4 Å². The van der Waals surface area contributed by atoms with Gasteiger partial charge in [-0.2, -0.15) is 0 Å². The molecule has 4 heteroatoms. The van der Waals surface area contributed by atoms with Crippen molar-refractivity contribution in [2.24, 2.45) is 0 Å². The number of anilines is 2. The van der Waals surface area contributed by atoms with E-state index in [1.807, 2.05) is 18.2 Å². The highest BCUT2D eigenvalue weighted by molar-refractivity contribution is 5.77. The minimum absolute atomic E-state index is 0.159. The molecule has 0 aromatic heterocycles. The van der Waals surface area contributed by atoms with E-state index in [-0.39, 0.29) is 5.54 Å². The normalized spacial score (nSPS) is 20.0. The number of rotatable bonds is 3. The van der Waals surface area contributed by atoms with Crippen LogP contribution in [-0.4, -0.2) is 20.8 Å². The van der Waals surface area contributed by atoms with Gasteiger partial charge in [0.25, 0.3) is 0 Å². The van der Waals surface area contributed by atoms with Crippen LogP contribution in [0.5, 0.6) is 11.5 Å². The molecule has 4 nitrogen and oxygen atoms in total. The third kappa shape index (κ3) is 2.37. The average Bonchev–Trinajstić information content (AvgIpc) is 2.54. The summed E-state index contributed by atoms with van der Waals surface area (Å²) < 4.78 is 10.7. The minimum Gasteiger partial charge on any atom is -0.493 e. The number of hydrogen-bond acceptors (Lipinski definition) is 4. The lowest BCUT2D eigenvalue weighted by atomic mass is 9.89. The first-order valence-corrected chi connectivity index (χ1v) is 7.00. The van der Waals surface area contributed by atoms with E-state index in [1.165, 1.54) is 5.56 Å². The highest BCUT2D eigenvalue weighted by Crippen LogP contribution is 2.41. The lowest BCUT2D eigenvalue weighted by molar-refractivity contribution is 0.355. The maximum absolute atomic E-state index is 5.38. The van der Waals surface area contributed by atoms with Crippen LogP contribution in [0.2, 0.25) is 0 Å². The number of nitrogens with one attached hydrogen (secondary N) is 2. The minimum atomic E-state index is -0.159. The molecular weight excluding hydrogens is 264 g/mol. The van der Waals surface area contributed by atoms with Crippen LogP contribution in [-0.2, 0) is 5.54 Å². The summed E-state index contributed by atoms with van der Waals surface area (Å²) in [5, 5.41) is 7.10. The highest BCUT2D eigenvalue weighted by Gasteiger charge is 2.31. The number of hydrogen-bond donors (Lipinski definition) is 2. The molecule has 1 unspecified atom stereocenters. The largest absolute Gasteiger partial charge is 0.493 e. The van der Waals surface area contributed by atoms with Crippen molar-refractivity contribution in [2.45, 2.75) is 12.5 Å². The first-order chi connectivity index (χ1) is 10.2. The molecule has 0 aliphatic carbocycles. The molecule has 0 saturated heterocycles. The molecule has 2 aromatic rings. The molecule has 1 heterocycles. The second-order valence-electron chi connectivity index (χ2n) is 5.43. The third-order valence-electron chi connectivity index (χ3n) is 3.98. The predicted octanol–water partition coefficient (Wildman–Crippen LogP) is 3.46. The molecule has 1 aliphatic rings. The van der Waals surface area contributed by atoms with Gasteiger partial charge < -0.3 is 20.1 Å². The van der Waals surface area contributed by atoms with E-state index in [9.17, 15) is 0 Å². The van der Waals surface area contributed by atoms with Gasteiger partial charge in [0.1, 0.15) is 0 Å². The molecule has 3 rings (SSSR count). The smallest absolute Gasteiger partial charge is 0.162 e. The Balaban J connectivity index is 1.99. The van der Waals surface area contributed by atoms with Crippen LogP contribution in [0.1, 0.15) is 12.5 Å². The van der Waals surface area contributed by atoms with E-state index in [0.717, 1.165) is 29.4 Å². The Morgan fingerprint density at radius 2 is 1.57 bits per heavy atom. The summed E-state index contributed by atoms with van der Waals surface area (Å²) >= 11 is 0. The Bertz CT molecular complexity index is 643. The summed E-state index contributed by atoms with van der Waals surface area (Å²) in [6, 6.07) is 14.4. The van der Waals surface area contributed by atoms with Crippen LogP contribution in [0.3, 0.4) is 0 Å². The van der Waals surface area contributed by atoms with Gasteiger partial charge in [0.05, 0.1) is 31.1 Å². The van der Waals surface area contributed by atoms with Crippen molar-refractivity contribution < 1.29 is 9.47 Å². The first kappa shape index (κ1) is 13.6. The summed E-state index contributed by atoms with van der Waals surface area (Å²) in [7, 11) is 3.30. The van der Waals surface area contributed by atoms with Gasteiger partial charge in [-0.25, -0.2) is 0 Å². The van der Waals surface area contributed by atoms with Crippen LogP contribution in [0.25, 0.3) is 0 Å². The molecule has 0 bridgehead atoms. The molecular formula is C17H20N2O2. The summed E-state index contributed by atoms with van der Waals surface area (Å²) in [4.78, 5) is 0. The van der Waals surface area contributed by atoms with Gasteiger partial charge in [-0.05, 0) is 12.5 Å². The molecule has 1 aliphatic heterocycles. The molecule has 2 aromatic carbocycles. The van der Waals surface area contributed by atoms with Gasteiger partial charge in [0.2, 0.25) is 0 Å². The highest BCUT2D eigenvalue weighted by atomic mass is 16.5. The van der Waals surface area contributed by atoms with Crippen molar-refractivity contribution in [1.82, 2.24) is 0 Å². The zero-order valence-corrected chi connectivity index (χ0v) is 12.6. The van der Waals surface area contributed by atoms with Crippen LogP contribution in [0.15, 0.2) is 42.5 Å². The SMILES string of the molecule is COc1cc2c(cc1OC)NC(C)(c1ccccc1)CN2. The van der Waals surface area contributed by atoms with E-state index < -0.39 is 0 Å². The standard InChI is InChI=1S/C17H20N2O2/c1-17(12-7-5-4-6-8-12)11-18-13-9-15(20-2)16(21-3)10-14(13)19-17/h4-10,18-19H,11H2,1-3H3. The van der Waals surface area contributed by atoms with Gasteiger partial charge in [-0.1, -0.05) is 30.3 Å². The van der Waals surface area contributed by atoms with Gasteiger partial charge in [0, 0.05) is 18.7 Å². The molecule has 0 radical (unpaired) electrons. The average molecular weight is 284 g/mol. The molecule has 0 spiro atoms. The molecule has 21 heavy (non-hydrogen) atoms. The Labute approximate surface area is 125 Å². The third-order valence-corrected chi connectivity index (χ3v) is 3.98. The fourth-order valence-electron chi connectivity index (χ4n) is 2.72. The maximum atomic E-state index is 5.38. The fourth-order valence-corrected chi connectivity index (χ4v) is 2.72. The second kappa shape index (κ2) is 5.20. The molecule has 0 fully saturated rings. The number of ether oxygens (including phenoxy) is 2. The topological polar surface area (TPSA) is 42.5 Å². The zero-order chi connectivity index (χ0) is 14.9. The van der Waals surface area contributed by atoms with Gasteiger partial charge in [-0.3, -0.25) is 0 Å². The van der Waals surface area contributed by atoms with Crippen molar-refractivity contribution >= 4 is 11.4 Å². The van der Waals surface area contributed by atoms with Crippen molar-refractivity contribution in [3.8, 4) is 11.5 Å². The lowest BCUT2D eigenvalue weighted by Gasteiger charge is -2.38. The van der Waals surface area contributed by atoms with Crippen molar-refractivity contribution in [1.29, 1.82) is 0 Å². The van der Waals surface area contributed by atoms with Gasteiger partial charge in [-0.15, -0.1) is 0 Å². The van der Waals surface area contributed by atoms with E-state index in [2.05, 4.69) is 41.8 Å². The maximum Gasteiger partial charge on any atom is 0.162 e. The molecule has 110 valence electrons. The number of methoxy groups -OCH3 is 2. The molecule has 2 N–H and O–H groups in total.